The van der Waals surface area contributed by atoms with Gasteiger partial charge < -0.3 is 0 Å². The number of thiophene rings is 1. The highest BCUT2D eigenvalue weighted by Gasteiger charge is 2.40. The van der Waals surface area contributed by atoms with Crippen molar-refractivity contribution < 1.29 is 0 Å². The number of hydrogen-bond donors (Lipinski definition) is 0. The summed E-state index contributed by atoms with van der Waals surface area (Å²) in [6, 6.07) is 0. The maximum Gasteiger partial charge on any atom is 0.0120 e. The molecule has 1 aliphatic rings. The van der Waals surface area contributed by atoms with Crippen molar-refractivity contribution in [3.63, 3.8) is 0 Å². The molecule has 0 nitrogen and oxygen atoms in total. The Hall–Kier alpha value is -0.300. The van der Waals surface area contributed by atoms with Gasteiger partial charge in [0.25, 0.3) is 0 Å². The van der Waals surface area contributed by atoms with Crippen LogP contribution in [0.2, 0.25) is 0 Å². The lowest BCUT2D eigenvalue weighted by Crippen LogP contribution is -2.29. The second-order valence-corrected chi connectivity index (χ2v) is 7.78. The van der Waals surface area contributed by atoms with Crippen LogP contribution in [0.5, 0.6) is 0 Å². The third kappa shape index (κ3) is 1.75. The lowest BCUT2D eigenvalue weighted by Gasteiger charge is -2.39. The molecule has 1 heterocycles. The van der Waals surface area contributed by atoms with E-state index < -0.39 is 0 Å². The van der Waals surface area contributed by atoms with Gasteiger partial charge in [0.15, 0.2) is 0 Å². The van der Waals surface area contributed by atoms with Gasteiger partial charge in [0.1, 0.15) is 0 Å². The van der Waals surface area contributed by atoms with Crippen molar-refractivity contribution in [2.75, 3.05) is 0 Å². The van der Waals surface area contributed by atoms with Gasteiger partial charge in [-0.1, -0.05) is 41.5 Å². The first-order chi connectivity index (χ1) is 6.71. The fraction of sp³-hybridized carbons (Fsp3) is 0.714. The molecule has 1 atom stereocenters. The van der Waals surface area contributed by atoms with Crippen molar-refractivity contribution >= 4 is 11.3 Å². The van der Waals surface area contributed by atoms with Crippen molar-refractivity contribution in [2.24, 2.45) is 5.41 Å². The number of hydrogen-bond acceptors (Lipinski definition) is 1. The van der Waals surface area contributed by atoms with E-state index in [-0.39, 0.29) is 0 Å². The van der Waals surface area contributed by atoms with Crippen LogP contribution in [-0.2, 0) is 11.8 Å². The van der Waals surface area contributed by atoms with Crippen LogP contribution < -0.4 is 0 Å². The molecule has 0 amide bonds. The average molecular weight is 222 g/mol. The lowest BCUT2D eigenvalue weighted by molar-refractivity contribution is 0.295. The second-order valence-electron chi connectivity index (χ2n) is 6.86. The van der Waals surface area contributed by atoms with Gasteiger partial charge in [-0.15, -0.1) is 11.3 Å². The van der Waals surface area contributed by atoms with Gasteiger partial charge in [-0.2, -0.15) is 0 Å². The smallest absolute Gasteiger partial charge is 0.0120 e. The molecular formula is C14H22S. The molecule has 0 spiro atoms. The molecule has 0 aromatic carbocycles. The van der Waals surface area contributed by atoms with Gasteiger partial charge in [-0.3, -0.25) is 0 Å². The largest absolute Gasteiger partial charge is 0.148 e. The maximum atomic E-state index is 2.39. The summed E-state index contributed by atoms with van der Waals surface area (Å²) in [5.41, 5.74) is 4.01. The predicted molar refractivity (Wildman–Crippen MR) is 68.9 cm³/mol. The zero-order chi connectivity index (χ0) is 11.4. The van der Waals surface area contributed by atoms with Crippen LogP contribution >= 0.6 is 11.3 Å². The van der Waals surface area contributed by atoms with E-state index in [0.29, 0.717) is 10.8 Å². The normalized spacial score (nSPS) is 21.1. The second kappa shape index (κ2) is 3.10. The Labute approximate surface area is 97.7 Å². The molecule has 1 unspecified atom stereocenters. The van der Waals surface area contributed by atoms with Crippen molar-refractivity contribution in [3.05, 3.63) is 21.4 Å². The summed E-state index contributed by atoms with van der Waals surface area (Å²) in [5, 5.41) is 2.39. The molecule has 0 fully saturated rings. The fourth-order valence-corrected chi connectivity index (χ4v) is 4.07. The molecule has 84 valence electrons. The molecule has 0 saturated carbocycles. The Morgan fingerprint density at radius 2 is 1.73 bits per heavy atom. The summed E-state index contributed by atoms with van der Waals surface area (Å²) in [4.78, 5) is 1.66. The van der Waals surface area contributed by atoms with Gasteiger partial charge >= 0.3 is 0 Å². The topological polar surface area (TPSA) is 0 Å². The molecule has 1 aliphatic carbocycles. The Bertz CT molecular complexity index is 371. The van der Waals surface area contributed by atoms with Crippen molar-refractivity contribution in [1.29, 1.82) is 0 Å². The number of fused-ring (bicyclic) bond motifs is 1. The van der Waals surface area contributed by atoms with E-state index in [2.05, 4.69) is 46.9 Å². The molecule has 1 aromatic rings. The summed E-state index contributed by atoms with van der Waals surface area (Å²) in [6.45, 7) is 14.0. The molecule has 0 aliphatic heterocycles. The van der Waals surface area contributed by atoms with E-state index in [1.807, 2.05) is 11.3 Å². The highest BCUT2D eigenvalue weighted by atomic mass is 32.1. The molecule has 2 rings (SSSR count). The Kier molecular flexibility index (Phi) is 2.31. The first-order valence-electron chi connectivity index (χ1n) is 5.82. The van der Waals surface area contributed by atoms with Crippen LogP contribution in [0.3, 0.4) is 0 Å². The Balaban J connectivity index is 2.33. The maximum absolute atomic E-state index is 2.39. The Morgan fingerprint density at radius 3 is 2.20 bits per heavy atom. The SMILES string of the molecule is CC(C)(C)c1csc2c1CC2C(C)(C)C. The van der Waals surface area contributed by atoms with Crippen molar-refractivity contribution in [3.8, 4) is 0 Å². The predicted octanol–water partition coefficient (Wildman–Crippen LogP) is 4.73. The lowest BCUT2D eigenvalue weighted by atomic mass is 9.66. The van der Waals surface area contributed by atoms with E-state index in [1.54, 1.807) is 16.0 Å². The van der Waals surface area contributed by atoms with Gasteiger partial charge in [0, 0.05) is 10.8 Å². The minimum atomic E-state index is 0.326. The molecule has 0 N–H and O–H groups in total. The molecule has 0 saturated heterocycles. The minimum Gasteiger partial charge on any atom is -0.148 e. The van der Waals surface area contributed by atoms with Crippen molar-refractivity contribution in [2.45, 2.75) is 59.3 Å². The van der Waals surface area contributed by atoms with Crippen LogP contribution in [0.1, 0.15) is 63.5 Å². The first-order valence-corrected chi connectivity index (χ1v) is 6.70. The quantitative estimate of drug-likeness (QED) is 0.595. The summed E-state index contributed by atoms with van der Waals surface area (Å²) in [6.07, 6.45) is 1.30. The summed E-state index contributed by atoms with van der Waals surface area (Å²) >= 11 is 1.98. The minimum absolute atomic E-state index is 0.326. The van der Waals surface area contributed by atoms with E-state index in [0.717, 1.165) is 5.92 Å². The van der Waals surface area contributed by atoms with E-state index in [1.165, 1.54) is 6.42 Å². The van der Waals surface area contributed by atoms with Gasteiger partial charge in [-0.25, -0.2) is 0 Å². The average Bonchev–Trinajstić information content (AvgIpc) is 2.22. The molecule has 15 heavy (non-hydrogen) atoms. The molecule has 0 bridgehead atoms. The molecule has 0 radical (unpaired) electrons. The first kappa shape index (κ1) is 11.2. The summed E-state index contributed by atoms with van der Waals surface area (Å²) < 4.78 is 0. The van der Waals surface area contributed by atoms with Crippen LogP contribution in [0, 0.1) is 5.41 Å². The van der Waals surface area contributed by atoms with E-state index in [4.69, 9.17) is 0 Å². The fourth-order valence-electron chi connectivity index (χ4n) is 2.40. The van der Waals surface area contributed by atoms with Crippen LogP contribution in [-0.4, -0.2) is 0 Å². The number of rotatable bonds is 0. The summed E-state index contributed by atoms with van der Waals surface area (Å²) in [7, 11) is 0. The van der Waals surface area contributed by atoms with Gasteiger partial charge in [0.05, 0.1) is 0 Å². The highest BCUT2D eigenvalue weighted by Crippen LogP contribution is 2.52. The molecular weight excluding hydrogens is 200 g/mol. The zero-order valence-corrected chi connectivity index (χ0v) is 11.6. The van der Waals surface area contributed by atoms with E-state index >= 15 is 0 Å². The summed E-state index contributed by atoms with van der Waals surface area (Å²) in [5.74, 6) is 0.800. The van der Waals surface area contributed by atoms with Gasteiger partial charge in [-0.05, 0) is 33.8 Å². The Morgan fingerprint density at radius 1 is 1.13 bits per heavy atom. The van der Waals surface area contributed by atoms with Crippen LogP contribution in [0.4, 0.5) is 0 Å². The molecule has 1 aromatic heterocycles. The highest BCUT2D eigenvalue weighted by molar-refractivity contribution is 7.10. The van der Waals surface area contributed by atoms with Crippen molar-refractivity contribution in [1.82, 2.24) is 0 Å². The standard InChI is InChI=1S/C14H22S/c1-13(2,3)10-7-9-11(14(4,5)6)8-15-12(9)10/h8,10H,7H2,1-6H3. The van der Waals surface area contributed by atoms with Gasteiger partial charge in [0.2, 0.25) is 0 Å². The van der Waals surface area contributed by atoms with Crippen LogP contribution in [0.25, 0.3) is 0 Å². The third-order valence-corrected chi connectivity index (χ3v) is 4.64. The molecule has 1 heteroatoms. The monoisotopic (exact) mass is 222 g/mol. The zero-order valence-electron chi connectivity index (χ0n) is 10.8. The van der Waals surface area contributed by atoms with Crippen LogP contribution in [0.15, 0.2) is 5.38 Å². The third-order valence-electron chi connectivity index (χ3n) is 3.50. The van der Waals surface area contributed by atoms with E-state index in [9.17, 15) is 0 Å².